The van der Waals surface area contributed by atoms with Crippen molar-refractivity contribution in [2.45, 2.75) is 44.7 Å². The van der Waals surface area contributed by atoms with Crippen LogP contribution in [0.25, 0.3) is 0 Å². The maximum Gasteiger partial charge on any atom is 0.170 e. The number of ketones is 2. The molecule has 4 rings (SSSR count). The second-order valence-corrected chi connectivity index (χ2v) is 6.21. The summed E-state index contributed by atoms with van der Waals surface area (Å²) >= 11 is 0. The van der Waals surface area contributed by atoms with Crippen molar-refractivity contribution in [3.63, 3.8) is 0 Å². The lowest BCUT2D eigenvalue weighted by Gasteiger charge is -2.51. The molecule has 3 heterocycles. The van der Waals surface area contributed by atoms with E-state index in [2.05, 4.69) is 28.7 Å². The minimum atomic E-state index is -0.282. The van der Waals surface area contributed by atoms with Crippen LogP contribution >= 0.6 is 0 Å². The summed E-state index contributed by atoms with van der Waals surface area (Å²) < 4.78 is 2.24. The van der Waals surface area contributed by atoms with Crippen molar-refractivity contribution < 1.29 is 9.59 Å². The van der Waals surface area contributed by atoms with Gasteiger partial charge in [-0.15, -0.1) is 0 Å². The second-order valence-electron chi connectivity index (χ2n) is 6.21. The maximum atomic E-state index is 12.5. The van der Waals surface area contributed by atoms with Crippen molar-refractivity contribution in [1.82, 2.24) is 9.47 Å². The Morgan fingerprint density at radius 1 is 1.15 bits per heavy atom. The number of aromatic nitrogens is 1. The number of hydrogen-bond donors (Lipinski definition) is 0. The van der Waals surface area contributed by atoms with E-state index in [-0.39, 0.29) is 17.1 Å². The van der Waals surface area contributed by atoms with Gasteiger partial charge in [-0.2, -0.15) is 0 Å². The molecular formula is C16H18N2O2. The number of rotatable bonds is 0. The van der Waals surface area contributed by atoms with Crippen LogP contribution in [0.1, 0.15) is 38.3 Å². The number of nitrogens with zero attached hydrogens (tertiary/aromatic N) is 2. The normalized spacial score (nSPS) is 29.1. The SMILES string of the molecule is C[C@]12CC(=O)C3=C(CCCC3=O)N1CCn1cccc12. The molecule has 1 aromatic heterocycles. The van der Waals surface area contributed by atoms with E-state index in [4.69, 9.17) is 0 Å². The van der Waals surface area contributed by atoms with E-state index in [0.29, 0.717) is 18.4 Å². The number of allylic oxidation sites excluding steroid dienone is 2. The lowest BCUT2D eigenvalue weighted by Crippen LogP contribution is -2.55. The molecule has 0 N–H and O–H groups in total. The van der Waals surface area contributed by atoms with Gasteiger partial charge in [-0.3, -0.25) is 9.59 Å². The summed E-state index contributed by atoms with van der Waals surface area (Å²) in [6, 6.07) is 4.15. The Balaban J connectivity index is 1.90. The van der Waals surface area contributed by atoms with E-state index in [1.807, 2.05) is 6.07 Å². The van der Waals surface area contributed by atoms with E-state index in [9.17, 15) is 9.59 Å². The summed E-state index contributed by atoms with van der Waals surface area (Å²) in [7, 11) is 0. The molecule has 20 heavy (non-hydrogen) atoms. The third kappa shape index (κ3) is 1.37. The fraction of sp³-hybridized carbons (Fsp3) is 0.500. The highest BCUT2D eigenvalue weighted by atomic mass is 16.1. The fourth-order valence-corrected chi connectivity index (χ4v) is 4.12. The molecule has 104 valence electrons. The number of fused-ring (bicyclic) bond motifs is 4. The first-order chi connectivity index (χ1) is 9.61. The molecular weight excluding hydrogens is 252 g/mol. The molecule has 0 spiro atoms. The second kappa shape index (κ2) is 3.84. The van der Waals surface area contributed by atoms with Gasteiger partial charge in [0.25, 0.3) is 0 Å². The van der Waals surface area contributed by atoms with Crippen LogP contribution in [0.3, 0.4) is 0 Å². The van der Waals surface area contributed by atoms with Gasteiger partial charge < -0.3 is 9.47 Å². The van der Waals surface area contributed by atoms with E-state index >= 15 is 0 Å². The third-order valence-corrected chi connectivity index (χ3v) is 5.04. The molecule has 2 aliphatic heterocycles. The standard InChI is InChI=1S/C16H18N2O2/c1-16-10-13(20)15-11(4-2-5-12(15)19)18(16)9-8-17-7-3-6-14(16)17/h3,6-7H,2,4-5,8-10H2,1H3/t16-/m1/s1. The first-order valence-electron chi connectivity index (χ1n) is 7.34. The first kappa shape index (κ1) is 11.9. The van der Waals surface area contributed by atoms with Crippen molar-refractivity contribution in [1.29, 1.82) is 0 Å². The average molecular weight is 270 g/mol. The van der Waals surface area contributed by atoms with E-state index < -0.39 is 0 Å². The highest BCUT2D eigenvalue weighted by Crippen LogP contribution is 2.45. The fourth-order valence-electron chi connectivity index (χ4n) is 4.12. The van der Waals surface area contributed by atoms with Gasteiger partial charge in [0, 0.05) is 43.5 Å². The van der Waals surface area contributed by atoms with E-state index in [1.54, 1.807) is 0 Å². The zero-order valence-electron chi connectivity index (χ0n) is 11.7. The molecule has 0 saturated carbocycles. The molecule has 0 unspecified atom stereocenters. The molecule has 1 aliphatic carbocycles. The molecule has 0 aromatic carbocycles. The topological polar surface area (TPSA) is 42.3 Å². The lowest BCUT2D eigenvalue weighted by molar-refractivity contribution is -0.126. The van der Waals surface area contributed by atoms with Crippen LogP contribution in [0.2, 0.25) is 0 Å². The van der Waals surface area contributed by atoms with Crippen molar-refractivity contribution in [2.24, 2.45) is 0 Å². The van der Waals surface area contributed by atoms with Crippen LogP contribution in [-0.4, -0.2) is 27.6 Å². The highest BCUT2D eigenvalue weighted by molar-refractivity contribution is 6.21. The Morgan fingerprint density at radius 3 is 2.85 bits per heavy atom. The minimum absolute atomic E-state index is 0.0399. The summed E-state index contributed by atoms with van der Waals surface area (Å²) in [5.74, 6) is 0.0948. The van der Waals surface area contributed by atoms with Crippen molar-refractivity contribution >= 4 is 11.6 Å². The Hall–Kier alpha value is -1.84. The van der Waals surface area contributed by atoms with Crippen LogP contribution in [0.5, 0.6) is 0 Å². The summed E-state index contributed by atoms with van der Waals surface area (Å²) in [6.45, 7) is 3.95. The third-order valence-electron chi connectivity index (χ3n) is 5.04. The van der Waals surface area contributed by atoms with Crippen LogP contribution < -0.4 is 0 Å². The van der Waals surface area contributed by atoms with Gasteiger partial charge in [0.05, 0.1) is 11.1 Å². The molecule has 3 aliphatic rings. The Labute approximate surface area is 118 Å². The van der Waals surface area contributed by atoms with Gasteiger partial charge in [-0.05, 0) is 31.9 Å². The average Bonchev–Trinajstić information content (AvgIpc) is 2.87. The number of carbonyl (C=O) groups excluding carboxylic acids is 2. The Morgan fingerprint density at radius 2 is 2.00 bits per heavy atom. The molecule has 0 saturated heterocycles. The van der Waals surface area contributed by atoms with Crippen LogP contribution in [0, 0.1) is 0 Å². The smallest absolute Gasteiger partial charge is 0.170 e. The lowest BCUT2D eigenvalue weighted by atomic mass is 9.76. The Bertz CT molecular complexity index is 655. The molecule has 4 heteroatoms. The zero-order valence-corrected chi connectivity index (χ0v) is 11.7. The van der Waals surface area contributed by atoms with Gasteiger partial charge in [-0.25, -0.2) is 0 Å². The van der Waals surface area contributed by atoms with Crippen LogP contribution in [-0.2, 0) is 21.7 Å². The van der Waals surface area contributed by atoms with Crippen molar-refractivity contribution in [3.05, 3.63) is 35.3 Å². The molecule has 0 bridgehead atoms. The summed E-state index contributed by atoms with van der Waals surface area (Å²) in [4.78, 5) is 26.9. The maximum absolute atomic E-state index is 12.5. The predicted octanol–water partition coefficient (Wildman–Crippen LogP) is 2.00. The summed E-state index contributed by atoms with van der Waals surface area (Å²) in [5.41, 5.74) is 2.43. The molecule has 4 nitrogen and oxygen atoms in total. The predicted molar refractivity (Wildman–Crippen MR) is 74.0 cm³/mol. The zero-order chi connectivity index (χ0) is 13.9. The van der Waals surface area contributed by atoms with E-state index in [1.165, 1.54) is 5.69 Å². The van der Waals surface area contributed by atoms with Crippen molar-refractivity contribution in [2.75, 3.05) is 6.54 Å². The summed E-state index contributed by atoms with van der Waals surface area (Å²) in [6.07, 6.45) is 4.77. The largest absolute Gasteiger partial charge is 0.361 e. The molecule has 1 atom stereocenters. The van der Waals surface area contributed by atoms with Gasteiger partial charge in [0.1, 0.15) is 0 Å². The number of carbonyl (C=O) groups is 2. The minimum Gasteiger partial charge on any atom is -0.361 e. The quantitative estimate of drug-likeness (QED) is 0.677. The van der Waals surface area contributed by atoms with Gasteiger partial charge in [0.2, 0.25) is 0 Å². The van der Waals surface area contributed by atoms with Crippen molar-refractivity contribution in [3.8, 4) is 0 Å². The molecule has 0 fully saturated rings. The van der Waals surface area contributed by atoms with E-state index in [0.717, 1.165) is 31.6 Å². The van der Waals surface area contributed by atoms with Gasteiger partial charge in [0.15, 0.2) is 11.6 Å². The number of Topliss-reactive ketones (excluding diaryl/α,β-unsaturated/α-hetero) is 2. The first-order valence-corrected chi connectivity index (χ1v) is 7.34. The summed E-state index contributed by atoms with van der Waals surface area (Å²) in [5, 5.41) is 0. The Kier molecular flexibility index (Phi) is 2.29. The highest BCUT2D eigenvalue weighted by Gasteiger charge is 2.48. The van der Waals surface area contributed by atoms with Crippen LogP contribution in [0.15, 0.2) is 29.6 Å². The van der Waals surface area contributed by atoms with Gasteiger partial charge >= 0.3 is 0 Å². The number of hydrogen-bond acceptors (Lipinski definition) is 3. The molecule has 0 amide bonds. The molecule has 0 radical (unpaired) electrons. The van der Waals surface area contributed by atoms with Gasteiger partial charge in [-0.1, -0.05) is 0 Å². The molecule has 1 aromatic rings. The van der Waals surface area contributed by atoms with Crippen LogP contribution in [0.4, 0.5) is 0 Å². The monoisotopic (exact) mass is 270 g/mol.